The zero-order chi connectivity index (χ0) is 15.2. The minimum atomic E-state index is -3.48. The van der Waals surface area contributed by atoms with Gasteiger partial charge in [-0.3, -0.25) is 0 Å². The fraction of sp³-hybridized carbons (Fsp3) is 0.467. The van der Waals surface area contributed by atoms with E-state index in [0.29, 0.717) is 23.3 Å². The number of thiophene rings is 1. The minimum Gasteiger partial charge on any atom is -0.326 e. The maximum atomic E-state index is 12.9. The van der Waals surface area contributed by atoms with Gasteiger partial charge >= 0.3 is 0 Å². The summed E-state index contributed by atoms with van der Waals surface area (Å²) in [6.07, 6.45) is 1.12. The van der Waals surface area contributed by atoms with Gasteiger partial charge in [0.05, 0.1) is 0 Å². The van der Waals surface area contributed by atoms with E-state index in [0.717, 1.165) is 21.4 Å². The van der Waals surface area contributed by atoms with Gasteiger partial charge in [-0.05, 0) is 24.3 Å². The number of hydrogen-bond acceptors (Lipinski definition) is 4. The van der Waals surface area contributed by atoms with Gasteiger partial charge in [-0.15, -0.1) is 11.3 Å². The second-order valence-corrected chi connectivity index (χ2v) is 8.93. The van der Waals surface area contributed by atoms with E-state index in [9.17, 15) is 8.42 Å². The number of benzene rings is 1. The molecular formula is C15H20N2O2S2. The fourth-order valence-electron chi connectivity index (χ4n) is 2.73. The van der Waals surface area contributed by atoms with Crippen LogP contribution in [0.3, 0.4) is 0 Å². The molecule has 114 valence electrons. The molecule has 0 radical (unpaired) electrons. The molecule has 0 spiro atoms. The van der Waals surface area contributed by atoms with Crippen molar-refractivity contribution in [2.45, 2.75) is 24.8 Å². The molecule has 0 amide bonds. The number of fused-ring (bicyclic) bond motifs is 1. The molecule has 1 aliphatic rings. The Morgan fingerprint density at radius 3 is 2.67 bits per heavy atom. The van der Waals surface area contributed by atoms with Gasteiger partial charge in [-0.2, -0.15) is 0 Å². The lowest BCUT2D eigenvalue weighted by molar-refractivity contribution is 0.445. The number of rotatable bonds is 5. The molecule has 1 aromatic carbocycles. The van der Waals surface area contributed by atoms with Crippen LogP contribution in [-0.2, 0) is 16.6 Å². The van der Waals surface area contributed by atoms with Crippen LogP contribution in [0.5, 0.6) is 0 Å². The third kappa shape index (κ3) is 2.61. The maximum absolute atomic E-state index is 12.9. The lowest BCUT2D eigenvalue weighted by atomic mass is 10.2. The third-order valence-corrected chi connectivity index (χ3v) is 7.51. The van der Waals surface area contributed by atoms with Gasteiger partial charge in [0, 0.05) is 35.1 Å². The predicted molar refractivity (Wildman–Crippen MR) is 86.8 cm³/mol. The fourth-order valence-corrected chi connectivity index (χ4v) is 5.74. The average Bonchev–Trinajstić information content (AvgIpc) is 3.02. The molecule has 2 unspecified atom stereocenters. The van der Waals surface area contributed by atoms with Crippen LogP contribution in [0.1, 0.15) is 18.2 Å². The quantitative estimate of drug-likeness (QED) is 0.919. The largest absolute Gasteiger partial charge is 0.326 e. The molecule has 4 nitrogen and oxygen atoms in total. The summed E-state index contributed by atoms with van der Waals surface area (Å²) in [7, 11) is -1.81. The topological polar surface area (TPSA) is 63.4 Å². The second-order valence-electron chi connectivity index (χ2n) is 5.81. The number of sulfonamides is 1. The lowest BCUT2D eigenvalue weighted by Crippen LogP contribution is -2.30. The van der Waals surface area contributed by atoms with Crippen molar-refractivity contribution < 1.29 is 8.42 Å². The normalized spacial score (nSPS) is 22.1. The summed E-state index contributed by atoms with van der Waals surface area (Å²) in [5.41, 5.74) is 5.77. The first-order valence-electron chi connectivity index (χ1n) is 7.12. The number of nitrogens with two attached hydrogens (primary N) is 1. The van der Waals surface area contributed by atoms with Crippen LogP contribution in [-0.4, -0.2) is 26.3 Å². The Labute approximate surface area is 129 Å². The molecule has 0 saturated heterocycles. The van der Waals surface area contributed by atoms with E-state index in [1.165, 1.54) is 15.6 Å². The summed E-state index contributed by atoms with van der Waals surface area (Å²) < 4.78 is 28.3. The Balaban J connectivity index is 2.05. The summed E-state index contributed by atoms with van der Waals surface area (Å²) in [5.74, 6) is 1.13. The molecule has 6 heteroatoms. The monoisotopic (exact) mass is 324 g/mol. The zero-order valence-electron chi connectivity index (χ0n) is 12.2. The molecule has 3 rings (SSSR count). The summed E-state index contributed by atoms with van der Waals surface area (Å²) in [4.78, 5) is 1.15. The van der Waals surface area contributed by atoms with Crippen molar-refractivity contribution in [2.24, 2.45) is 17.6 Å². The first kappa shape index (κ1) is 15.0. The van der Waals surface area contributed by atoms with Gasteiger partial charge < -0.3 is 5.73 Å². The molecular weight excluding hydrogens is 304 g/mol. The van der Waals surface area contributed by atoms with Crippen molar-refractivity contribution >= 4 is 31.4 Å². The van der Waals surface area contributed by atoms with Crippen LogP contribution in [0.2, 0.25) is 0 Å². The van der Waals surface area contributed by atoms with Gasteiger partial charge in [0.2, 0.25) is 10.0 Å². The Bertz CT molecular complexity index is 767. The van der Waals surface area contributed by atoms with E-state index in [1.807, 2.05) is 24.3 Å². The highest BCUT2D eigenvalue weighted by Crippen LogP contribution is 2.40. The van der Waals surface area contributed by atoms with Crippen LogP contribution in [0.25, 0.3) is 10.1 Å². The Morgan fingerprint density at radius 2 is 2.05 bits per heavy atom. The lowest BCUT2D eigenvalue weighted by Gasteiger charge is -2.17. The minimum absolute atomic E-state index is 0.252. The summed E-state index contributed by atoms with van der Waals surface area (Å²) in [5, 5.41) is 0.790. The van der Waals surface area contributed by atoms with Crippen LogP contribution in [0, 0.1) is 11.8 Å². The van der Waals surface area contributed by atoms with E-state index in [2.05, 4.69) is 6.92 Å². The Hall–Kier alpha value is -0.950. The summed E-state index contributed by atoms with van der Waals surface area (Å²) in [6, 6.07) is 7.61. The SMILES string of the molecule is CC1CC1CN(C)S(=O)(=O)c1c(CN)sc2ccccc12. The van der Waals surface area contributed by atoms with Gasteiger partial charge in [0.1, 0.15) is 4.90 Å². The van der Waals surface area contributed by atoms with E-state index in [4.69, 9.17) is 5.73 Å². The van der Waals surface area contributed by atoms with Crippen LogP contribution < -0.4 is 5.73 Å². The van der Waals surface area contributed by atoms with E-state index < -0.39 is 10.0 Å². The molecule has 21 heavy (non-hydrogen) atoms. The molecule has 1 aliphatic carbocycles. The van der Waals surface area contributed by atoms with Crippen LogP contribution in [0.4, 0.5) is 0 Å². The molecule has 0 bridgehead atoms. The van der Waals surface area contributed by atoms with E-state index in [1.54, 1.807) is 7.05 Å². The zero-order valence-corrected chi connectivity index (χ0v) is 13.9. The standard InChI is InChI=1S/C15H20N2O2S2/c1-10-7-11(10)9-17(2)21(18,19)15-12-5-3-4-6-13(12)20-14(15)8-16/h3-6,10-11H,7-9,16H2,1-2H3. The molecule has 1 fully saturated rings. The number of hydrogen-bond donors (Lipinski definition) is 1. The Kier molecular flexibility index (Phi) is 3.81. The van der Waals surface area contributed by atoms with Crippen LogP contribution in [0.15, 0.2) is 29.2 Å². The molecule has 1 saturated carbocycles. The van der Waals surface area contributed by atoms with Gasteiger partial charge in [-0.1, -0.05) is 25.1 Å². The first-order valence-corrected chi connectivity index (χ1v) is 9.37. The Morgan fingerprint density at radius 1 is 1.38 bits per heavy atom. The molecule has 2 atom stereocenters. The van der Waals surface area contributed by atoms with Gasteiger partial charge in [-0.25, -0.2) is 12.7 Å². The van der Waals surface area contributed by atoms with E-state index in [-0.39, 0.29) is 6.54 Å². The van der Waals surface area contributed by atoms with Crippen molar-refractivity contribution in [3.63, 3.8) is 0 Å². The summed E-state index contributed by atoms with van der Waals surface area (Å²) in [6.45, 7) is 3.01. The first-order chi connectivity index (χ1) is 9.95. The smallest absolute Gasteiger partial charge is 0.244 e. The average molecular weight is 324 g/mol. The molecule has 2 aromatic rings. The van der Waals surface area contributed by atoms with Crippen molar-refractivity contribution in [1.82, 2.24) is 4.31 Å². The van der Waals surface area contributed by atoms with Crippen molar-refractivity contribution in [1.29, 1.82) is 0 Å². The van der Waals surface area contributed by atoms with Gasteiger partial charge in [0.15, 0.2) is 0 Å². The summed E-state index contributed by atoms with van der Waals surface area (Å²) >= 11 is 1.47. The van der Waals surface area contributed by atoms with Gasteiger partial charge in [0.25, 0.3) is 0 Å². The molecule has 1 heterocycles. The van der Waals surface area contributed by atoms with E-state index >= 15 is 0 Å². The highest BCUT2D eigenvalue weighted by atomic mass is 32.2. The molecule has 2 N–H and O–H groups in total. The molecule has 1 aromatic heterocycles. The third-order valence-electron chi connectivity index (χ3n) is 4.24. The van der Waals surface area contributed by atoms with Crippen molar-refractivity contribution in [3.05, 3.63) is 29.1 Å². The second kappa shape index (κ2) is 5.35. The molecule has 0 aliphatic heterocycles. The highest BCUT2D eigenvalue weighted by molar-refractivity contribution is 7.89. The van der Waals surface area contributed by atoms with Crippen LogP contribution >= 0.6 is 11.3 Å². The van der Waals surface area contributed by atoms with Crippen molar-refractivity contribution in [3.8, 4) is 0 Å². The predicted octanol–water partition coefficient (Wildman–Crippen LogP) is 2.64. The maximum Gasteiger partial charge on any atom is 0.244 e. The highest BCUT2D eigenvalue weighted by Gasteiger charge is 2.37. The van der Waals surface area contributed by atoms with Crippen molar-refractivity contribution in [2.75, 3.05) is 13.6 Å². The number of nitrogens with zero attached hydrogens (tertiary/aromatic N) is 1.